The lowest BCUT2D eigenvalue weighted by molar-refractivity contribution is 0.0522. The number of nitrogens with zero attached hydrogens (tertiary/aromatic N) is 5. The number of carbonyl (C=O) groups is 1. The number of amides is 1. The van der Waals surface area contributed by atoms with Crippen LogP contribution in [0.15, 0.2) is 54.9 Å². The molecular formula is C27H30N6O2. The maximum absolute atomic E-state index is 12.5. The number of fused-ring (bicyclic) bond motifs is 1. The van der Waals surface area contributed by atoms with E-state index in [1.54, 1.807) is 12.4 Å². The molecule has 2 fully saturated rings. The topological polar surface area (TPSA) is 75.0 Å². The standard InChI is InChI=1S/C27H30N6O2/c1-28-22-9-12-25-24(17-22)26(30-19-29-25)31-21-7-10-23(11-8-21)32-13-15-33(16-14-32)27(34)35-18-20-5-3-2-4-6-20/h2-6,9,12,17,19,21,23H,7-8,10-11,13-16,18H2,(H,29,30,31). The summed E-state index contributed by atoms with van der Waals surface area (Å²) in [6.07, 6.45) is 5.73. The number of nitrogens with one attached hydrogen (secondary N) is 1. The third-order valence-electron chi connectivity index (χ3n) is 7.08. The molecule has 1 saturated heterocycles. The van der Waals surface area contributed by atoms with E-state index in [1.165, 1.54) is 0 Å². The smallest absolute Gasteiger partial charge is 0.410 e. The van der Waals surface area contributed by atoms with Gasteiger partial charge in [-0.15, -0.1) is 0 Å². The number of hydrogen-bond donors (Lipinski definition) is 1. The second kappa shape index (κ2) is 10.7. The van der Waals surface area contributed by atoms with E-state index in [-0.39, 0.29) is 6.09 Å². The van der Waals surface area contributed by atoms with E-state index in [1.807, 2.05) is 47.4 Å². The van der Waals surface area contributed by atoms with Crippen molar-refractivity contribution in [1.29, 1.82) is 0 Å². The number of anilines is 1. The van der Waals surface area contributed by atoms with Crippen molar-refractivity contribution >= 4 is 28.5 Å². The predicted molar refractivity (Wildman–Crippen MR) is 135 cm³/mol. The summed E-state index contributed by atoms with van der Waals surface area (Å²) < 4.78 is 5.50. The minimum atomic E-state index is -0.222. The molecule has 1 amide bonds. The highest BCUT2D eigenvalue weighted by atomic mass is 16.6. The summed E-state index contributed by atoms with van der Waals surface area (Å²) in [5.41, 5.74) is 2.46. The van der Waals surface area contributed by atoms with E-state index >= 15 is 0 Å². The molecule has 1 saturated carbocycles. The van der Waals surface area contributed by atoms with Crippen LogP contribution in [0.1, 0.15) is 31.2 Å². The van der Waals surface area contributed by atoms with Gasteiger partial charge in [-0.1, -0.05) is 36.4 Å². The largest absolute Gasteiger partial charge is 0.445 e. The number of piperazine rings is 1. The Kier molecular flexibility index (Phi) is 7.05. The monoisotopic (exact) mass is 470 g/mol. The summed E-state index contributed by atoms with van der Waals surface area (Å²) in [5.74, 6) is 0.812. The summed E-state index contributed by atoms with van der Waals surface area (Å²) in [6, 6.07) is 16.2. The highest BCUT2D eigenvalue weighted by molar-refractivity contribution is 5.91. The Morgan fingerprint density at radius 1 is 1.03 bits per heavy atom. The highest BCUT2D eigenvalue weighted by Gasteiger charge is 2.30. The molecule has 2 aliphatic rings. The molecule has 0 unspecified atom stereocenters. The first-order valence-corrected chi connectivity index (χ1v) is 12.3. The van der Waals surface area contributed by atoms with Gasteiger partial charge in [0.2, 0.25) is 0 Å². The number of benzene rings is 2. The summed E-state index contributed by atoms with van der Waals surface area (Å²) >= 11 is 0. The molecule has 2 heterocycles. The molecule has 35 heavy (non-hydrogen) atoms. The van der Waals surface area contributed by atoms with Crippen LogP contribution in [-0.2, 0) is 11.3 Å². The molecule has 8 nitrogen and oxygen atoms in total. The van der Waals surface area contributed by atoms with Crippen molar-refractivity contribution in [1.82, 2.24) is 19.8 Å². The number of carbonyl (C=O) groups excluding carboxylic acids is 1. The minimum Gasteiger partial charge on any atom is -0.445 e. The van der Waals surface area contributed by atoms with Crippen molar-refractivity contribution in [3.63, 3.8) is 0 Å². The zero-order chi connectivity index (χ0) is 24.0. The molecule has 1 aliphatic heterocycles. The Morgan fingerprint density at radius 3 is 2.54 bits per heavy atom. The first-order valence-electron chi connectivity index (χ1n) is 12.3. The average molecular weight is 471 g/mol. The molecule has 8 heteroatoms. The molecule has 3 aromatic rings. The van der Waals surface area contributed by atoms with Crippen molar-refractivity contribution in [3.8, 4) is 0 Å². The maximum atomic E-state index is 12.5. The van der Waals surface area contributed by atoms with Gasteiger partial charge in [-0.3, -0.25) is 4.90 Å². The van der Waals surface area contributed by atoms with Gasteiger partial charge in [-0.2, -0.15) is 0 Å². The second-order valence-corrected chi connectivity index (χ2v) is 9.25. The normalized spacial score (nSPS) is 20.8. The Morgan fingerprint density at radius 2 is 1.80 bits per heavy atom. The van der Waals surface area contributed by atoms with Gasteiger partial charge in [0, 0.05) is 43.6 Å². The van der Waals surface area contributed by atoms with Crippen LogP contribution in [0.2, 0.25) is 0 Å². The molecule has 0 radical (unpaired) electrons. The van der Waals surface area contributed by atoms with Crippen LogP contribution in [0, 0.1) is 6.57 Å². The van der Waals surface area contributed by atoms with E-state index in [4.69, 9.17) is 11.3 Å². The van der Waals surface area contributed by atoms with Crippen LogP contribution in [0.5, 0.6) is 0 Å². The quantitative estimate of drug-likeness (QED) is 0.537. The number of rotatable bonds is 5. The van der Waals surface area contributed by atoms with E-state index in [9.17, 15) is 4.79 Å². The first-order chi connectivity index (χ1) is 17.2. The fourth-order valence-corrected chi connectivity index (χ4v) is 5.09. The zero-order valence-electron chi connectivity index (χ0n) is 19.8. The van der Waals surface area contributed by atoms with Crippen molar-refractivity contribution in [2.45, 2.75) is 44.4 Å². The molecule has 5 rings (SSSR count). The second-order valence-electron chi connectivity index (χ2n) is 9.25. The lowest BCUT2D eigenvalue weighted by Gasteiger charge is -2.41. The fraction of sp³-hybridized carbons (Fsp3) is 0.407. The first kappa shape index (κ1) is 23.1. The van der Waals surface area contributed by atoms with Gasteiger partial charge < -0.3 is 15.0 Å². The predicted octanol–water partition coefficient (Wildman–Crippen LogP) is 4.86. The Hall–Kier alpha value is -3.70. The summed E-state index contributed by atoms with van der Waals surface area (Å²) in [5, 5.41) is 4.51. The lowest BCUT2D eigenvalue weighted by atomic mass is 9.89. The summed E-state index contributed by atoms with van der Waals surface area (Å²) in [4.78, 5) is 29.1. The van der Waals surface area contributed by atoms with E-state index in [0.717, 1.165) is 61.1 Å². The highest BCUT2D eigenvalue weighted by Crippen LogP contribution is 2.29. The van der Waals surface area contributed by atoms with E-state index < -0.39 is 0 Å². The Labute approximate surface area is 205 Å². The molecule has 1 aliphatic carbocycles. The van der Waals surface area contributed by atoms with Crippen molar-refractivity contribution < 1.29 is 9.53 Å². The van der Waals surface area contributed by atoms with E-state index in [0.29, 0.717) is 37.5 Å². The van der Waals surface area contributed by atoms with Gasteiger partial charge in [0.1, 0.15) is 18.8 Å². The maximum Gasteiger partial charge on any atom is 0.410 e. The molecule has 2 aromatic carbocycles. The number of hydrogen-bond acceptors (Lipinski definition) is 6. The third-order valence-corrected chi connectivity index (χ3v) is 7.08. The average Bonchev–Trinajstić information content (AvgIpc) is 2.93. The van der Waals surface area contributed by atoms with Crippen LogP contribution < -0.4 is 5.32 Å². The van der Waals surface area contributed by atoms with Crippen LogP contribution in [-0.4, -0.2) is 64.1 Å². The summed E-state index contributed by atoms with van der Waals surface area (Å²) in [7, 11) is 0. The summed E-state index contributed by atoms with van der Waals surface area (Å²) in [6.45, 7) is 10.8. The molecule has 1 N–H and O–H groups in total. The van der Waals surface area contributed by atoms with Gasteiger partial charge in [-0.25, -0.2) is 19.6 Å². The lowest BCUT2D eigenvalue weighted by Crippen LogP contribution is -2.53. The van der Waals surface area contributed by atoms with Gasteiger partial charge in [0.15, 0.2) is 5.69 Å². The molecule has 0 atom stereocenters. The number of ether oxygens (including phenoxy) is 1. The van der Waals surface area contributed by atoms with Gasteiger partial charge in [0.25, 0.3) is 0 Å². The molecule has 180 valence electrons. The van der Waals surface area contributed by atoms with Crippen molar-refractivity contribution in [3.05, 3.63) is 71.8 Å². The molecular weight excluding hydrogens is 440 g/mol. The van der Waals surface area contributed by atoms with Crippen molar-refractivity contribution in [2.75, 3.05) is 31.5 Å². The number of aromatic nitrogens is 2. The van der Waals surface area contributed by atoms with Gasteiger partial charge >= 0.3 is 6.09 Å². The Bertz CT molecular complexity index is 1200. The zero-order valence-corrected chi connectivity index (χ0v) is 19.8. The van der Waals surface area contributed by atoms with Crippen molar-refractivity contribution in [2.24, 2.45) is 0 Å². The Balaban J connectivity index is 1.09. The SMILES string of the molecule is [C-]#[N+]c1ccc2ncnc(NC3CCC(N4CCN(C(=O)OCc5ccccc5)CC4)CC3)c2c1. The minimum absolute atomic E-state index is 0.222. The third kappa shape index (κ3) is 5.52. The van der Waals surface area contributed by atoms with Crippen LogP contribution >= 0.6 is 0 Å². The molecule has 0 spiro atoms. The fourth-order valence-electron chi connectivity index (χ4n) is 5.09. The van der Waals surface area contributed by atoms with E-state index in [2.05, 4.69) is 25.0 Å². The van der Waals surface area contributed by atoms with Gasteiger partial charge in [0.05, 0.1) is 12.1 Å². The van der Waals surface area contributed by atoms with Crippen LogP contribution in [0.25, 0.3) is 15.7 Å². The van der Waals surface area contributed by atoms with Gasteiger partial charge in [-0.05, 0) is 43.4 Å². The molecule has 0 bridgehead atoms. The molecule has 1 aromatic heterocycles. The van der Waals surface area contributed by atoms with Crippen LogP contribution in [0.3, 0.4) is 0 Å². The van der Waals surface area contributed by atoms with Crippen LogP contribution in [0.4, 0.5) is 16.3 Å².